The number of aromatic nitrogens is 2. The summed E-state index contributed by atoms with van der Waals surface area (Å²) in [5.74, 6) is -0.527. The zero-order chi connectivity index (χ0) is 18.1. The topological polar surface area (TPSA) is 58.1 Å². The highest BCUT2D eigenvalue weighted by Gasteiger charge is 2.27. The maximum Gasteiger partial charge on any atom is 0.229 e. The maximum absolute atomic E-state index is 13.7. The van der Waals surface area contributed by atoms with E-state index in [1.807, 2.05) is 12.1 Å². The summed E-state index contributed by atoms with van der Waals surface area (Å²) in [5.41, 5.74) is 1.95. The van der Waals surface area contributed by atoms with Crippen LogP contribution in [0.3, 0.4) is 0 Å². The molecule has 7 heteroatoms. The van der Waals surface area contributed by atoms with E-state index in [9.17, 15) is 9.18 Å². The Bertz CT molecular complexity index is 925. The summed E-state index contributed by atoms with van der Waals surface area (Å²) in [5, 5.41) is 3.74. The van der Waals surface area contributed by atoms with Gasteiger partial charge in [-0.05, 0) is 49.6 Å². The molecule has 0 saturated carbocycles. The molecule has 1 amide bonds. The predicted octanol–water partition coefficient (Wildman–Crippen LogP) is 3.99. The van der Waals surface area contributed by atoms with Gasteiger partial charge in [-0.2, -0.15) is 0 Å². The second-order valence-corrected chi connectivity index (χ2v) is 7.52. The molecule has 1 saturated heterocycles. The van der Waals surface area contributed by atoms with Gasteiger partial charge in [0.15, 0.2) is 5.13 Å². The Morgan fingerprint density at radius 1 is 1.38 bits per heavy atom. The Kier molecular flexibility index (Phi) is 4.55. The molecule has 0 bridgehead atoms. The highest BCUT2D eigenvalue weighted by Crippen LogP contribution is 2.30. The van der Waals surface area contributed by atoms with Crippen LogP contribution < -0.4 is 10.2 Å². The van der Waals surface area contributed by atoms with Crippen LogP contribution in [0.5, 0.6) is 0 Å². The van der Waals surface area contributed by atoms with Crippen molar-refractivity contribution in [3.63, 3.8) is 0 Å². The smallest absolute Gasteiger partial charge is 0.229 e. The number of hydrogen-bond acceptors (Lipinski definition) is 5. The van der Waals surface area contributed by atoms with Crippen molar-refractivity contribution < 1.29 is 9.18 Å². The lowest BCUT2D eigenvalue weighted by Crippen LogP contribution is -2.40. The number of nitrogens with zero attached hydrogens (tertiary/aromatic N) is 3. The number of piperidine rings is 1. The van der Waals surface area contributed by atoms with Crippen LogP contribution in [0, 0.1) is 18.7 Å². The molecule has 5 nitrogen and oxygen atoms in total. The monoisotopic (exact) mass is 370 g/mol. The molecule has 1 aliphatic heterocycles. The molecule has 3 heterocycles. The van der Waals surface area contributed by atoms with Gasteiger partial charge in [-0.15, -0.1) is 0 Å². The van der Waals surface area contributed by atoms with Crippen LogP contribution in [0.4, 0.5) is 15.2 Å². The average molecular weight is 370 g/mol. The highest BCUT2D eigenvalue weighted by atomic mass is 32.1. The number of fused-ring (bicyclic) bond motifs is 1. The largest absolute Gasteiger partial charge is 0.347 e. The van der Waals surface area contributed by atoms with Crippen LogP contribution >= 0.6 is 11.3 Å². The molecule has 0 unspecified atom stereocenters. The van der Waals surface area contributed by atoms with E-state index < -0.39 is 0 Å². The molecule has 26 heavy (non-hydrogen) atoms. The van der Waals surface area contributed by atoms with Gasteiger partial charge in [-0.25, -0.2) is 14.4 Å². The summed E-state index contributed by atoms with van der Waals surface area (Å²) in [6.45, 7) is 3.19. The van der Waals surface area contributed by atoms with Gasteiger partial charge < -0.3 is 10.2 Å². The molecular formula is C19H19FN4OS. The number of aryl methyl sites for hydroxylation is 1. The lowest BCUT2D eigenvalue weighted by atomic mass is 9.97. The molecule has 1 atom stereocenters. The van der Waals surface area contributed by atoms with Crippen molar-refractivity contribution in [2.75, 3.05) is 23.3 Å². The van der Waals surface area contributed by atoms with Crippen LogP contribution in [-0.4, -0.2) is 29.0 Å². The molecule has 3 aromatic rings. The predicted molar refractivity (Wildman–Crippen MR) is 102 cm³/mol. The van der Waals surface area contributed by atoms with E-state index in [0.717, 1.165) is 34.9 Å². The van der Waals surface area contributed by atoms with Gasteiger partial charge in [-0.1, -0.05) is 17.4 Å². The van der Waals surface area contributed by atoms with Crippen molar-refractivity contribution >= 4 is 38.4 Å². The standard InChI is InChI=1S/C19H19FN4OS/c1-12-6-7-14(10-15(12)20)22-17(25)13-4-3-9-24(11-13)19-23-16-5-2-8-21-18(16)26-19/h2,5-8,10,13H,3-4,9,11H2,1H3,(H,22,25)/t13-/m0/s1. The lowest BCUT2D eigenvalue weighted by Gasteiger charge is -2.31. The molecule has 1 fully saturated rings. The first-order chi connectivity index (χ1) is 12.6. The van der Waals surface area contributed by atoms with E-state index in [1.165, 1.54) is 6.07 Å². The van der Waals surface area contributed by atoms with Gasteiger partial charge in [-0.3, -0.25) is 4.79 Å². The first-order valence-corrected chi connectivity index (χ1v) is 9.45. The Morgan fingerprint density at radius 2 is 2.27 bits per heavy atom. The Balaban J connectivity index is 1.47. The van der Waals surface area contributed by atoms with Crippen molar-refractivity contribution in [1.82, 2.24) is 9.97 Å². The van der Waals surface area contributed by atoms with Crippen LogP contribution in [0.1, 0.15) is 18.4 Å². The fraction of sp³-hybridized carbons (Fsp3) is 0.316. The van der Waals surface area contributed by atoms with Crippen molar-refractivity contribution in [3.8, 4) is 0 Å². The number of carbonyl (C=O) groups is 1. The minimum Gasteiger partial charge on any atom is -0.347 e. The molecule has 1 aliphatic rings. The van der Waals surface area contributed by atoms with E-state index in [4.69, 9.17) is 0 Å². The van der Waals surface area contributed by atoms with E-state index in [2.05, 4.69) is 20.2 Å². The van der Waals surface area contributed by atoms with Gasteiger partial charge in [0.2, 0.25) is 5.91 Å². The number of nitrogens with one attached hydrogen (secondary N) is 1. The van der Waals surface area contributed by atoms with Crippen LogP contribution in [0.15, 0.2) is 36.5 Å². The van der Waals surface area contributed by atoms with Gasteiger partial charge in [0.1, 0.15) is 16.2 Å². The highest BCUT2D eigenvalue weighted by molar-refractivity contribution is 7.21. The molecular weight excluding hydrogens is 351 g/mol. The van der Waals surface area contributed by atoms with Crippen LogP contribution in [0.2, 0.25) is 0 Å². The molecule has 1 aromatic carbocycles. The molecule has 0 spiro atoms. The second-order valence-electron chi connectivity index (χ2n) is 6.56. The normalized spacial score (nSPS) is 17.5. The maximum atomic E-state index is 13.7. The van der Waals surface area contributed by atoms with Gasteiger partial charge >= 0.3 is 0 Å². The molecule has 4 rings (SSSR count). The first-order valence-electron chi connectivity index (χ1n) is 8.63. The zero-order valence-corrected chi connectivity index (χ0v) is 15.2. The van der Waals surface area contributed by atoms with Gasteiger partial charge in [0.05, 0.1) is 5.92 Å². The number of carbonyl (C=O) groups excluding carboxylic acids is 1. The van der Waals surface area contributed by atoms with E-state index in [-0.39, 0.29) is 17.6 Å². The summed E-state index contributed by atoms with van der Waals surface area (Å²) >= 11 is 1.55. The minimum atomic E-state index is -0.310. The Hall–Kier alpha value is -2.54. The molecule has 1 N–H and O–H groups in total. The van der Waals surface area contributed by atoms with E-state index in [0.29, 0.717) is 17.8 Å². The minimum absolute atomic E-state index is 0.0720. The quantitative estimate of drug-likeness (QED) is 0.757. The number of benzene rings is 1. The number of anilines is 2. The number of thiazole rings is 1. The number of rotatable bonds is 3. The molecule has 2 aromatic heterocycles. The van der Waals surface area contributed by atoms with Crippen molar-refractivity contribution in [2.45, 2.75) is 19.8 Å². The average Bonchev–Trinajstić information content (AvgIpc) is 3.09. The fourth-order valence-corrected chi connectivity index (χ4v) is 4.12. The Labute approximate surface area is 154 Å². The van der Waals surface area contributed by atoms with E-state index in [1.54, 1.807) is 36.6 Å². The number of pyridine rings is 1. The molecule has 0 aliphatic carbocycles. The van der Waals surface area contributed by atoms with Crippen molar-refractivity contribution in [1.29, 1.82) is 0 Å². The van der Waals surface area contributed by atoms with Crippen LogP contribution in [-0.2, 0) is 4.79 Å². The Morgan fingerprint density at radius 3 is 3.08 bits per heavy atom. The summed E-state index contributed by atoms with van der Waals surface area (Å²) in [6, 6.07) is 8.59. The summed E-state index contributed by atoms with van der Waals surface area (Å²) in [4.78, 5) is 24.7. The summed E-state index contributed by atoms with van der Waals surface area (Å²) < 4.78 is 13.7. The second kappa shape index (κ2) is 6.99. The number of halogens is 1. The molecule has 0 radical (unpaired) electrons. The van der Waals surface area contributed by atoms with Crippen molar-refractivity contribution in [3.05, 3.63) is 47.9 Å². The van der Waals surface area contributed by atoms with Crippen molar-refractivity contribution in [2.24, 2.45) is 5.92 Å². The van der Waals surface area contributed by atoms with Gasteiger partial charge in [0, 0.05) is 25.0 Å². The number of amides is 1. The van der Waals surface area contributed by atoms with E-state index >= 15 is 0 Å². The van der Waals surface area contributed by atoms with Crippen LogP contribution in [0.25, 0.3) is 10.3 Å². The number of hydrogen-bond donors (Lipinski definition) is 1. The lowest BCUT2D eigenvalue weighted by molar-refractivity contribution is -0.120. The SMILES string of the molecule is Cc1ccc(NC(=O)[C@H]2CCCN(c3nc4cccnc4s3)C2)cc1F. The molecule has 134 valence electrons. The zero-order valence-electron chi connectivity index (χ0n) is 14.4. The third-order valence-corrected chi connectivity index (χ3v) is 5.70. The summed E-state index contributed by atoms with van der Waals surface area (Å²) in [6.07, 6.45) is 3.50. The summed E-state index contributed by atoms with van der Waals surface area (Å²) in [7, 11) is 0. The van der Waals surface area contributed by atoms with Gasteiger partial charge in [0.25, 0.3) is 0 Å². The third kappa shape index (κ3) is 3.39. The first kappa shape index (κ1) is 16.9. The fourth-order valence-electron chi connectivity index (χ4n) is 3.17. The third-order valence-electron chi connectivity index (χ3n) is 4.66.